The van der Waals surface area contributed by atoms with E-state index in [0.29, 0.717) is 11.3 Å². The Labute approximate surface area is 201 Å². The average Bonchev–Trinajstić information content (AvgIpc) is 2.88. The molecule has 1 aromatic heterocycles. The van der Waals surface area contributed by atoms with Crippen LogP contribution < -0.4 is 21.9 Å². The van der Waals surface area contributed by atoms with Gasteiger partial charge in [0.2, 0.25) is 5.91 Å². The number of aromatic nitrogens is 2. The number of nitrogens with zero attached hydrogens (tertiary/aromatic N) is 2. The van der Waals surface area contributed by atoms with Crippen molar-refractivity contribution in [3.63, 3.8) is 0 Å². The van der Waals surface area contributed by atoms with Crippen molar-refractivity contribution in [3.8, 4) is 0 Å². The molecule has 4 aromatic rings. The van der Waals surface area contributed by atoms with Gasteiger partial charge in [0.15, 0.2) is 0 Å². The molecule has 0 radical (unpaired) electrons. The van der Waals surface area contributed by atoms with E-state index < -0.39 is 23.2 Å². The number of nitrogens with one attached hydrogen (secondary N) is 2. The molecule has 3 aromatic carbocycles. The van der Waals surface area contributed by atoms with E-state index in [1.54, 1.807) is 12.1 Å². The number of fused-ring (bicyclic) bond motifs is 1. The topological polar surface area (TPSA) is 102 Å². The molecule has 0 saturated carbocycles. The van der Waals surface area contributed by atoms with Crippen molar-refractivity contribution in [2.75, 3.05) is 0 Å². The first-order valence-corrected chi connectivity index (χ1v) is 11.2. The number of amides is 2. The lowest BCUT2D eigenvalue weighted by atomic mass is 10.0. The maximum absolute atomic E-state index is 13.2. The van der Waals surface area contributed by atoms with E-state index in [2.05, 4.69) is 10.6 Å². The van der Waals surface area contributed by atoms with Crippen LogP contribution in [0.3, 0.4) is 0 Å². The van der Waals surface area contributed by atoms with Crippen molar-refractivity contribution in [1.82, 2.24) is 19.8 Å². The molecule has 8 heteroatoms. The van der Waals surface area contributed by atoms with Crippen LogP contribution in [0, 0.1) is 0 Å². The Hall–Kier alpha value is -4.46. The fourth-order valence-electron chi connectivity index (χ4n) is 3.88. The largest absolute Gasteiger partial charge is 0.349 e. The normalized spacial score (nSPS) is 11.7. The molecule has 0 unspecified atom stereocenters. The second-order valence-corrected chi connectivity index (χ2v) is 8.37. The van der Waals surface area contributed by atoms with Crippen LogP contribution in [0.5, 0.6) is 0 Å². The van der Waals surface area contributed by atoms with Gasteiger partial charge in [-0.05, 0) is 28.5 Å². The number of rotatable bonds is 7. The van der Waals surface area contributed by atoms with Crippen LogP contribution >= 0.6 is 0 Å². The molecule has 0 aliphatic rings. The van der Waals surface area contributed by atoms with Gasteiger partial charge in [0.05, 0.1) is 6.54 Å². The predicted molar refractivity (Wildman–Crippen MR) is 134 cm³/mol. The molecule has 0 saturated heterocycles. The molecular weight excluding hydrogens is 444 g/mol. The predicted octanol–water partition coefficient (Wildman–Crippen LogP) is 1.89. The first-order chi connectivity index (χ1) is 16.8. The number of hydrogen-bond acceptors (Lipinski definition) is 4. The third-order valence-electron chi connectivity index (χ3n) is 5.99. The van der Waals surface area contributed by atoms with Crippen LogP contribution in [0.4, 0.5) is 0 Å². The van der Waals surface area contributed by atoms with Gasteiger partial charge in [-0.15, -0.1) is 0 Å². The molecule has 0 bridgehead atoms. The summed E-state index contributed by atoms with van der Waals surface area (Å²) in [6.45, 7) is -0.0300. The number of hydrogen-bond donors (Lipinski definition) is 2. The van der Waals surface area contributed by atoms with E-state index in [9.17, 15) is 19.2 Å². The Bertz CT molecular complexity index is 1510. The first-order valence-electron chi connectivity index (χ1n) is 11.2. The van der Waals surface area contributed by atoms with E-state index in [1.807, 2.05) is 60.7 Å². The first kappa shape index (κ1) is 23.7. The summed E-state index contributed by atoms with van der Waals surface area (Å²) in [7, 11) is 2.93. The lowest BCUT2D eigenvalue weighted by Crippen LogP contribution is -2.48. The Morgan fingerprint density at radius 3 is 2.26 bits per heavy atom. The van der Waals surface area contributed by atoms with Crippen LogP contribution in [0.25, 0.3) is 10.8 Å². The summed E-state index contributed by atoms with van der Waals surface area (Å²) in [6.07, 6.45) is 0.279. The molecule has 0 spiro atoms. The molecule has 0 aliphatic carbocycles. The molecule has 1 atom stereocenters. The van der Waals surface area contributed by atoms with Crippen LogP contribution in [0.2, 0.25) is 0 Å². The Morgan fingerprint density at radius 1 is 0.829 bits per heavy atom. The minimum atomic E-state index is -0.861. The fourth-order valence-corrected chi connectivity index (χ4v) is 3.88. The molecule has 2 N–H and O–H groups in total. The van der Waals surface area contributed by atoms with Crippen molar-refractivity contribution in [2.45, 2.75) is 19.0 Å². The second-order valence-electron chi connectivity index (χ2n) is 8.37. The Morgan fingerprint density at radius 2 is 1.51 bits per heavy atom. The van der Waals surface area contributed by atoms with Crippen LogP contribution in [-0.2, 0) is 31.9 Å². The standard InChI is InChI=1S/C27H26N4O4/c1-30-22(16-24(32)31(2)27(30)35)17-28-26(34)23(14-18-8-4-3-5-9-18)29-25(33)21-13-12-19-10-6-7-11-20(19)15-21/h3-13,15-16,23H,14,17H2,1-2H3,(H,28,34)(H,29,33)/t23-/m0/s1. The highest BCUT2D eigenvalue weighted by Crippen LogP contribution is 2.16. The van der Waals surface area contributed by atoms with Crippen molar-refractivity contribution < 1.29 is 9.59 Å². The summed E-state index contributed by atoms with van der Waals surface area (Å²) >= 11 is 0. The highest BCUT2D eigenvalue weighted by atomic mass is 16.2. The monoisotopic (exact) mass is 470 g/mol. The van der Waals surface area contributed by atoms with Crippen LogP contribution in [0.1, 0.15) is 21.6 Å². The molecule has 178 valence electrons. The maximum Gasteiger partial charge on any atom is 0.330 e. The van der Waals surface area contributed by atoms with Crippen molar-refractivity contribution in [2.24, 2.45) is 14.1 Å². The third kappa shape index (κ3) is 5.38. The zero-order chi connectivity index (χ0) is 24.9. The van der Waals surface area contributed by atoms with E-state index in [4.69, 9.17) is 0 Å². The highest BCUT2D eigenvalue weighted by Gasteiger charge is 2.22. The SMILES string of the molecule is Cn1c(CNC(=O)[C@H](Cc2ccccc2)NC(=O)c2ccc3ccccc3c2)cc(=O)n(C)c1=O. The minimum Gasteiger partial charge on any atom is -0.349 e. The van der Waals surface area contributed by atoms with Gasteiger partial charge in [-0.2, -0.15) is 0 Å². The van der Waals surface area contributed by atoms with Gasteiger partial charge in [0.1, 0.15) is 6.04 Å². The van der Waals surface area contributed by atoms with Gasteiger partial charge in [-0.1, -0.05) is 60.7 Å². The van der Waals surface area contributed by atoms with Gasteiger partial charge < -0.3 is 10.6 Å². The minimum absolute atomic E-state index is 0.0300. The maximum atomic E-state index is 13.2. The van der Waals surface area contributed by atoms with Gasteiger partial charge in [-0.25, -0.2) is 4.79 Å². The second kappa shape index (κ2) is 10.2. The van der Waals surface area contributed by atoms with Crippen molar-refractivity contribution in [3.05, 3.63) is 117 Å². The van der Waals surface area contributed by atoms with E-state index in [0.717, 1.165) is 20.9 Å². The molecule has 0 aliphatic heterocycles. The molecule has 2 amide bonds. The summed E-state index contributed by atoms with van der Waals surface area (Å²) in [5.74, 6) is -0.788. The van der Waals surface area contributed by atoms with E-state index in [1.165, 1.54) is 24.7 Å². The van der Waals surface area contributed by atoms with E-state index >= 15 is 0 Å². The van der Waals surface area contributed by atoms with Gasteiger partial charge in [0, 0.05) is 37.8 Å². The van der Waals surface area contributed by atoms with E-state index in [-0.39, 0.29) is 18.9 Å². The van der Waals surface area contributed by atoms with Gasteiger partial charge >= 0.3 is 5.69 Å². The Balaban J connectivity index is 1.55. The molecule has 1 heterocycles. The molecule has 35 heavy (non-hydrogen) atoms. The summed E-state index contributed by atoms with van der Waals surface area (Å²) in [4.78, 5) is 50.4. The van der Waals surface area contributed by atoms with Gasteiger partial charge in [0.25, 0.3) is 11.5 Å². The summed E-state index contributed by atoms with van der Waals surface area (Å²) in [5, 5.41) is 7.55. The average molecular weight is 471 g/mol. The number of carbonyl (C=O) groups is 2. The van der Waals surface area contributed by atoms with Crippen molar-refractivity contribution >= 4 is 22.6 Å². The molecule has 0 fully saturated rings. The summed E-state index contributed by atoms with van der Waals surface area (Å²) < 4.78 is 2.30. The summed E-state index contributed by atoms with van der Waals surface area (Å²) in [6, 6.07) is 22.9. The quantitative estimate of drug-likeness (QED) is 0.431. The Kier molecular flexibility index (Phi) is 6.91. The number of benzene rings is 3. The van der Waals surface area contributed by atoms with Crippen LogP contribution in [0.15, 0.2) is 88.5 Å². The smallest absolute Gasteiger partial charge is 0.330 e. The number of carbonyl (C=O) groups excluding carboxylic acids is 2. The molecular formula is C27H26N4O4. The summed E-state index contributed by atoms with van der Waals surface area (Å²) in [5.41, 5.74) is 0.761. The highest BCUT2D eigenvalue weighted by molar-refractivity contribution is 6.00. The van der Waals surface area contributed by atoms with Crippen LogP contribution in [-0.4, -0.2) is 27.0 Å². The lowest BCUT2D eigenvalue weighted by Gasteiger charge is -2.19. The zero-order valence-corrected chi connectivity index (χ0v) is 19.5. The lowest BCUT2D eigenvalue weighted by molar-refractivity contribution is -0.123. The van der Waals surface area contributed by atoms with Gasteiger partial charge in [-0.3, -0.25) is 23.5 Å². The molecule has 4 rings (SSSR count). The van der Waals surface area contributed by atoms with Crippen molar-refractivity contribution in [1.29, 1.82) is 0 Å². The zero-order valence-electron chi connectivity index (χ0n) is 19.5. The fraction of sp³-hybridized carbons (Fsp3) is 0.185. The third-order valence-corrected chi connectivity index (χ3v) is 5.99. The molecule has 8 nitrogen and oxygen atoms in total.